The second kappa shape index (κ2) is 8.26. The first-order chi connectivity index (χ1) is 9.17. The Kier molecular flexibility index (Phi) is 6.60. The Morgan fingerprint density at radius 2 is 2.42 bits per heavy atom. The van der Waals surface area contributed by atoms with Crippen molar-refractivity contribution in [2.75, 3.05) is 6.54 Å². The number of nitrogens with two attached hydrogens (primary N) is 1. The fraction of sp³-hybridized carbons (Fsp3) is 0.429. The summed E-state index contributed by atoms with van der Waals surface area (Å²) in [6.45, 7) is 2.46. The Morgan fingerprint density at radius 1 is 1.63 bits per heavy atom. The van der Waals surface area contributed by atoms with Gasteiger partial charge in [-0.15, -0.1) is 0 Å². The number of allylic oxidation sites excluding steroid dienone is 1. The van der Waals surface area contributed by atoms with Crippen molar-refractivity contribution in [1.29, 1.82) is 0 Å². The monoisotopic (exact) mass is 264 g/mol. The molecule has 0 bridgehead atoms. The standard InChI is InChI=1S/C14H20N2O3/c1-2-11(9-12-5-4-8-19-12)10-16-13(14(17)18)6-3-7-15/h4-5,8-10,13H,2-3,6-7,15H2,1H3,(H,17,18)/b11-9+,16-10?. The van der Waals surface area contributed by atoms with Crippen molar-refractivity contribution in [2.45, 2.75) is 32.2 Å². The quantitative estimate of drug-likeness (QED) is 0.705. The van der Waals surface area contributed by atoms with Crippen LogP contribution in [-0.4, -0.2) is 29.9 Å². The largest absolute Gasteiger partial charge is 0.480 e. The molecule has 0 saturated carbocycles. The van der Waals surface area contributed by atoms with Gasteiger partial charge in [0.25, 0.3) is 0 Å². The summed E-state index contributed by atoms with van der Waals surface area (Å²) in [7, 11) is 0. The lowest BCUT2D eigenvalue weighted by molar-refractivity contribution is -0.138. The number of hydrogen-bond donors (Lipinski definition) is 2. The van der Waals surface area contributed by atoms with Crippen LogP contribution in [0.5, 0.6) is 0 Å². The van der Waals surface area contributed by atoms with Gasteiger partial charge in [0.2, 0.25) is 0 Å². The smallest absolute Gasteiger partial charge is 0.328 e. The minimum Gasteiger partial charge on any atom is -0.480 e. The Morgan fingerprint density at radius 3 is 2.95 bits per heavy atom. The molecule has 1 aromatic heterocycles. The van der Waals surface area contributed by atoms with Crippen molar-refractivity contribution in [1.82, 2.24) is 0 Å². The van der Waals surface area contributed by atoms with Gasteiger partial charge >= 0.3 is 5.97 Å². The molecule has 1 atom stereocenters. The van der Waals surface area contributed by atoms with Crippen molar-refractivity contribution in [2.24, 2.45) is 10.7 Å². The van der Waals surface area contributed by atoms with E-state index in [1.165, 1.54) is 0 Å². The molecule has 1 unspecified atom stereocenters. The summed E-state index contributed by atoms with van der Waals surface area (Å²) in [5.74, 6) is -0.185. The minimum atomic E-state index is -0.918. The molecule has 0 aliphatic heterocycles. The van der Waals surface area contributed by atoms with Crippen LogP contribution in [0.4, 0.5) is 0 Å². The molecule has 3 N–H and O–H groups in total. The Labute approximate surface area is 112 Å². The normalized spacial score (nSPS) is 13.9. The molecule has 0 radical (unpaired) electrons. The van der Waals surface area contributed by atoms with E-state index in [2.05, 4.69) is 4.99 Å². The van der Waals surface area contributed by atoms with E-state index in [0.717, 1.165) is 17.8 Å². The van der Waals surface area contributed by atoms with Crippen LogP contribution in [-0.2, 0) is 4.79 Å². The highest BCUT2D eigenvalue weighted by molar-refractivity contribution is 5.87. The fourth-order valence-corrected chi connectivity index (χ4v) is 1.55. The lowest BCUT2D eigenvalue weighted by Crippen LogP contribution is -2.19. The van der Waals surface area contributed by atoms with Crippen LogP contribution in [0.3, 0.4) is 0 Å². The second-order valence-corrected chi connectivity index (χ2v) is 4.15. The number of carboxylic acid groups (broad SMARTS) is 1. The first-order valence-corrected chi connectivity index (χ1v) is 6.37. The fourth-order valence-electron chi connectivity index (χ4n) is 1.55. The van der Waals surface area contributed by atoms with E-state index in [-0.39, 0.29) is 0 Å². The molecular weight excluding hydrogens is 244 g/mol. The van der Waals surface area contributed by atoms with Gasteiger partial charge in [-0.3, -0.25) is 4.99 Å². The van der Waals surface area contributed by atoms with Crippen molar-refractivity contribution < 1.29 is 14.3 Å². The molecule has 1 rings (SSSR count). The van der Waals surface area contributed by atoms with Crippen LogP contribution in [0.2, 0.25) is 0 Å². The summed E-state index contributed by atoms with van der Waals surface area (Å²) in [5.41, 5.74) is 6.31. The number of aliphatic imine (C=N–C) groups is 1. The molecule has 0 fully saturated rings. The number of nitrogens with zero attached hydrogens (tertiary/aromatic N) is 1. The summed E-state index contributed by atoms with van der Waals surface area (Å²) in [4.78, 5) is 15.2. The van der Waals surface area contributed by atoms with Gasteiger partial charge in [-0.2, -0.15) is 0 Å². The van der Waals surface area contributed by atoms with Crippen LogP contribution in [0.15, 0.2) is 33.4 Å². The first-order valence-electron chi connectivity index (χ1n) is 6.37. The van der Waals surface area contributed by atoms with Gasteiger partial charge in [0.15, 0.2) is 0 Å². The molecule has 5 heteroatoms. The van der Waals surface area contributed by atoms with E-state index < -0.39 is 12.0 Å². The number of carbonyl (C=O) groups is 1. The maximum atomic E-state index is 11.0. The number of furan rings is 1. The molecule has 1 aromatic rings. The minimum absolute atomic E-state index is 0.458. The van der Waals surface area contributed by atoms with E-state index in [4.69, 9.17) is 15.3 Å². The average Bonchev–Trinajstić information content (AvgIpc) is 2.89. The highest BCUT2D eigenvalue weighted by Crippen LogP contribution is 2.10. The third-order valence-corrected chi connectivity index (χ3v) is 2.67. The molecule has 5 nitrogen and oxygen atoms in total. The van der Waals surface area contributed by atoms with Gasteiger partial charge in [-0.1, -0.05) is 6.92 Å². The first kappa shape index (κ1) is 15.2. The molecule has 0 spiro atoms. The van der Waals surface area contributed by atoms with E-state index in [1.807, 2.05) is 19.1 Å². The number of rotatable bonds is 8. The molecular formula is C14H20N2O3. The highest BCUT2D eigenvalue weighted by Gasteiger charge is 2.14. The molecule has 0 aliphatic carbocycles. The number of aliphatic carboxylic acids is 1. The zero-order valence-electron chi connectivity index (χ0n) is 11.1. The van der Waals surface area contributed by atoms with Gasteiger partial charge in [0.05, 0.1) is 6.26 Å². The maximum Gasteiger partial charge on any atom is 0.328 e. The average molecular weight is 264 g/mol. The molecule has 0 amide bonds. The van der Waals surface area contributed by atoms with Gasteiger partial charge in [0.1, 0.15) is 11.8 Å². The third kappa shape index (κ3) is 5.52. The van der Waals surface area contributed by atoms with Crippen molar-refractivity contribution >= 4 is 18.3 Å². The van der Waals surface area contributed by atoms with Crippen molar-refractivity contribution in [3.63, 3.8) is 0 Å². The van der Waals surface area contributed by atoms with Crippen LogP contribution in [0, 0.1) is 0 Å². The van der Waals surface area contributed by atoms with Crippen LogP contribution >= 0.6 is 0 Å². The van der Waals surface area contributed by atoms with Crippen LogP contribution in [0.1, 0.15) is 31.9 Å². The highest BCUT2D eigenvalue weighted by atomic mass is 16.4. The lowest BCUT2D eigenvalue weighted by atomic mass is 10.1. The summed E-state index contributed by atoms with van der Waals surface area (Å²) >= 11 is 0. The molecule has 0 aliphatic rings. The molecule has 1 heterocycles. The van der Waals surface area contributed by atoms with E-state index >= 15 is 0 Å². The summed E-state index contributed by atoms with van der Waals surface area (Å²) in [6.07, 6.45) is 6.92. The van der Waals surface area contributed by atoms with Gasteiger partial charge in [-0.25, -0.2) is 4.79 Å². The molecule has 104 valence electrons. The van der Waals surface area contributed by atoms with Gasteiger partial charge < -0.3 is 15.3 Å². The van der Waals surface area contributed by atoms with Crippen molar-refractivity contribution in [3.8, 4) is 0 Å². The Balaban J connectivity index is 2.72. The Bertz CT molecular complexity index is 436. The zero-order chi connectivity index (χ0) is 14.1. The summed E-state index contributed by atoms with van der Waals surface area (Å²) in [5, 5.41) is 9.05. The van der Waals surface area contributed by atoms with Gasteiger partial charge in [0, 0.05) is 6.21 Å². The van der Waals surface area contributed by atoms with Crippen molar-refractivity contribution in [3.05, 3.63) is 29.7 Å². The van der Waals surface area contributed by atoms with E-state index in [1.54, 1.807) is 18.5 Å². The molecule has 0 aromatic carbocycles. The zero-order valence-corrected chi connectivity index (χ0v) is 11.1. The lowest BCUT2D eigenvalue weighted by Gasteiger charge is -2.06. The van der Waals surface area contributed by atoms with Gasteiger partial charge in [-0.05, 0) is 49.6 Å². The summed E-state index contributed by atoms with van der Waals surface area (Å²) < 4.78 is 5.21. The predicted molar refractivity (Wildman–Crippen MR) is 75.2 cm³/mol. The Hall–Kier alpha value is -1.88. The third-order valence-electron chi connectivity index (χ3n) is 2.67. The topological polar surface area (TPSA) is 88.8 Å². The molecule has 0 saturated heterocycles. The second-order valence-electron chi connectivity index (χ2n) is 4.15. The maximum absolute atomic E-state index is 11.0. The van der Waals surface area contributed by atoms with Crippen LogP contribution in [0.25, 0.3) is 6.08 Å². The SMILES string of the molecule is CC/C(C=NC(CCCN)C(=O)O)=C\c1ccco1. The van der Waals surface area contributed by atoms with E-state index in [0.29, 0.717) is 19.4 Å². The van der Waals surface area contributed by atoms with Crippen LogP contribution < -0.4 is 5.73 Å². The number of carboxylic acids is 1. The number of hydrogen-bond acceptors (Lipinski definition) is 4. The summed E-state index contributed by atoms with van der Waals surface area (Å²) in [6, 6.07) is 2.92. The molecule has 19 heavy (non-hydrogen) atoms. The predicted octanol–water partition coefficient (Wildman–Crippen LogP) is 2.34. The van der Waals surface area contributed by atoms with E-state index in [9.17, 15) is 4.79 Å².